The molecule has 2 aromatic rings. The molecule has 0 spiro atoms. The maximum absolute atomic E-state index is 13.5. The van der Waals surface area contributed by atoms with E-state index in [0.29, 0.717) is 0 Å². The van der Waals surface area contributed by atoms with Crippen LogP contribution in [0, 0.1) is 23.3 Å². The van der Waals surface area contributed by atoms with Crippen molar-refractivity contribution in [3.05, 3.63) is 63.6 Å². The molecule has 7 heteroatoms. The largest absolute Gasteiger partial charge is 0.321 e. The summed E-state index contributed by atoms with van der Waals surface area (Å²) < 4.78 is 53.6. The maximum atomic E-state index is 13.5. The lowest BCUT2D eigenvalue weighted by Crippen LogP contribution is -2.17. The van der Waals surface area contributed by atoms with Crippen molar-refractivity contribution < 1.29 is 22.4 Å². The number of rotatable bonds is 3. The van der Waals surface area contributed by atoms with Crippen LogP contribution in [-0.2, 0) is 11.2 Å². The summed E-state index contributed by atoms with van der Waals surface area (Å²) in [6.45, 7) is 0. The molecular formula is C14H8BrF4NO. The first kappa shape index (κ1) is 15.5. The summed E-state index contributed by atoms with van der Waals surface area (Å²) in [5.41, 5.74) is -0.842. The van der Waals surface area contributed by atoms with Crippen molar-refractivity contribution in [1.82, 2.24) is 0 Å². The number of hydrogen-bond acceptors (Lipinski definition) is 1. The average molecular weight is 362 g/mol. The fraction of sp³-hybridized carbons (Fsp3) is 0.0714. The van der Waals surface area contributed by atoms with Gasteiger partial charge in [0.2, 0.25) is 5.91 Å². The van der Waals surface area contributed by atoms with Gasteiger partial charge in [0.1, 0.15) is 5.69 Å². The zero-order chi connectivity index (χ0) is 15.6. The molecule has 2 rings (SSSR count). The van der Waals surface area contributed by atoms with Gasteiger partial charge in [-0.2, -0.15) is 0 Å². The van der Waals surface area contributed by atoms with Crippen LogP contribution < -0.4 is 5.32 Å². The van der Waals surface area contributed by atoms with Crippen LogP contribution in [0.3, 0.4) is 0 Å². The Morgan fingerprint density at radius 2 is 1.67 bits per heavy atom. The Bertz CT molecular complexity index is 682. The normalized spacial score (nSPS) is 10.5. The molecule has 0 aliphatic rings. The molecule has 0 atom stereocenters. The summed E-state index contributed by atoms with van der Waals surface area (Å²) in [7, 11) is 0. The predicted octanol–water partition coefficient (Wildman–Crippen LogP) is 4.19. The number of hydrogen-bond donors (Lipinski definition) is 1. The molecule has 0 aromatic heterocycles. The van der Waals surface area contributed by atoms with E-state index in [9.17, 15) is 22.4 Å². The van der Waals surface area contributed by atoms with Crippen LogP contribution in [0.5, 0.6) is 0 Å². The third-order valence-electron chi connectivity index (χ3n) is 2.65. The topological polar surface area (TPSA) is 29.1 Å². The van der Waals surface area contributed by atoms with Gasteiger partial charge in [0.05, 0.1) is 6.42 Å². The van der Waals surface area contributed by atoms with E-state index in [-0.39, 0.29) is 10.0 Å². The molecule has 0 heterocycles. The van der Waals surface area contributed by atoms with Gasteiger partial charge in [0.25, 0.3) is 0 Å². The molecule has 2 aromatic carbocycles. The highest BCUT2D eigenvalue weighted by molar-refractivity contribution is 9.10. The number of amides is 1. The highest BCUT2D eigenvalue weighted by Gasteiger charge is 2.16. The van der Waals surface area contributed by atoms with Crippen molar-refractivity contribution in [2.45, 2.75) is 6.42 Å². The van der Waals surface area contributed by atoms with Crippen LogP contribution >= 0.6 is 15.9 Å². The van der Waals surface area contributed by atoms with Gasteiger partial charge in [-0.15, -0.1) is 0 Å². The van der Waals surface area contributed by atoms with E-state index in [2.05, 4.69) is 15.9 Å². The van der Waals surface area contributed by atoms with Crippen molar-refractivity contribution in [2.75, 3.05) is 5.32 Å². The molecule has 0 radical (unpaired) electrons. The van der Waals surface area contributed by atoms with E-state index in [1.54, 1.807) is 0 Å². The Hall–Kier alpha value is -1.89. The Balaban J connectivity index is 2.18. The lowest BCUT2D eigenvalue weighted by molar-refractivity contribution is -0.115. The summed E-state index contributed by atoms with van der Waals surface area (Å²) in [5, 5.41) is 2.00. The van der Waals surface area contributed by atoms with E-state index in [1.807, 2.05) is 5.32 Å². The number of carbonyl (C=O) groups is 1. The van der Waals surface area contributed by atoms with Crippen molar-refractivity contribution in [1.29, 1.82) is 0 Å². The van der Waals surface area contributed by atoms with Crippen LogP contribution in [0.15, 0.2) is 34.8 Å². The van der Waals surface area contributed by atoms with Crippen molar-refractivity contribution in [3.8, 4) is 0 Å². The fourth-order valence-electron chi connectivity index (χ4n) is 1.70. The van der Waals surface area contributed by atoms with Crippen LogP contribution in [0.25, 0.3) is 0 Å². The minimum atomic E-state index is -1.16. The number of benzene rings is 2. The highest BCUT2D eigenvalue weighted by atomic mass is 79.9. The average Bonchev–Trinajstić information content (AvgIpc) is 2.39. The van der Waals surface area contributed by atoms with Crippen molar-refractivity contribution >= 4 is 27.5 Å². The second kappa shape index (κ2) is 6.26. The molecule has 21 heavy (non-hydrogen) atoms. The molecule has 0 fully saturated rings. The summed E-state index contributed by atoms with van der Waals surface area (Å²) in [6, 6.07) is 5.31. The minimum Gasteiger partial charge on any atom is -0.321 e. The lowest BCUT2D eigenvalue weighted by atomic mass is 10.1. The van der Waals surface area contributed by atoms with Gasteiger partial charge in [0, 0.05) is 10.0 Å². The molecule has 2 nitrogen and oxygen atoms in total. The summed E-state index contributed by atoms with van der Waals surface area (Å²) in [6.07, 6.45) is -0.543. The SMILES string of the molecule is O=C(Cc1cccc(F)c1F)Nc1c(F)cc(Br)cc1F. The Morgan fingerprint density at radius 3 is 2.29 bits per heavy atom. The van der Waals surface area contributed by atoms with Crippen LogP contribution in [0.4, 0.5) is 23.2 Å². The minimum absolute atomic E-state index is 0.173. The quantitative estimate of drug-likeness (QED) is 0.816. The van der Waals surface area contributed by atoms with E-state index >= 15 is 0 Å². The monoisotopic (exact) mass is 361 g/mol. The third kappa shape index (κ3) is 3.60. The fourth-order valence-corrected chi connectivity index (χ4v) is 2.11. The molecule has 0 aliphatic carbocycles. The van der Waals surface area contributed by atoms with E-state index in [4.69, 9.17) is 0 Å². The summed E-state index contributed by atoms with van der Waals surface area (Å²) in [5.74, 6) is -5.07. The molecule has 0 saturated carbocycles. The standard InChI is InChI=1S/C14H8BrF4NO/c15-8-5-10(17)14(11(18)6-8)20-12(21)4-7-2-1-3-9(16)13(7)19/h1-3,5-6H,4H2,(H,20,21). The van der Waals surface area contributed by atoms with Gasteiger partial charge < -0.3 is 5.32 Å². The van der Waals surface area contributed by atoms with Crippen LogP contribution in [0.1, 0.15) is 5.56 Å². The highest BCUT2D eigenvalue weighted by Crippen LogP contribution is 2.24. The molecule has 0 saturated heterocycles. The Kier molecular flexibility index (Phi) is 4.62. The predicted molar refractivity (Wildman–Crippen MR) is 72.7 cm³/mol. The van der Waals surface area contributed by atoms with E-state index in [1.165, 1.54) is 12.1 Å². The third-order valence-corrected chi connectivity index (χ3v) is 3.11. The number of halogens is 5. The smallest absolute Gasteiger partial charge is 0.229 e. The second-order valence-corrected chi connectivity index (χ2v) is 5.10. The molecule has 110 valence electrons. The lowest BCUT2D eigenvalue weighted by Gasteiger charge is -2.09. The zero-order valence-electron chi connectivity index (χ0n) is 10.4. The van der Waals surface area contributed by atoms with Crippen LogP contribution in [-0.4, -0.2) is 5.91 Å². The molecule has 0 unspecified atom stereocenters. The zero-order valence-corrected chi connectivity index (χ0v) is 12.0. The first-order valence-corrected chi connectivity index (χ1v) is 6.55. The first-order valence-electron chi connectivity index (χ1n) is 5.75. The van der Waals surface area contributed by atoms with Gasteiger partial charge in [-0.1, -0.05) is 28.1 Å². The molecular weight excluding hydrogens is 354 g/mol. The number of nitrogens with one attached hydrogen (secondary N) is 1. The van der Waals surface area contributed by atoms with E-state index in [0.717, 1.165) is 18.2 Å². The van der Waals surface area contributed by atoms with Gasteiger partial charge >= 0.3 is 0 Å². The summed E-state index contributed by atoms with van der Waals surface area (Å²) >= 11 is 2.90. The molecule has 0 bridgehead atoms. The first-order chi connectivity index (χ1) is 9.88. The number of carbonyl (C=O) groups excluding carboxylic acids is 1. The van der Waals surface area contributed by atoms with Gasteiger partial charge in [-0.05, 0) is 18.2 Å². The Labute approximate surface area is 125 Å². The van der Waals surface area contributed by atoms with Crippen molar-refractivity contribution in [2.24, 2.45) is 0 Å². The molecule has 1 amide bonds. The summed E-state index contributed by atoms with van der Waals surface area (Å²) in [4.78, 5) is 11.7. The van der Waals surface area contributed by atoms with E-state index < -0.39 is 41.3 Å². The Morgan fingerprint density at radius 1 is 1.05 bits per heavy atom. The number of anilines is 1. The van der Waals surface area contributed by atoms with Gasteiger partial charge in [0.15, 0.2) is 23.3 Å². The van der Waals surface area contributed by atoms with Crippen molar-refractivity contribution in [3.63, 3.8) is 0 Å². The molecule has 1 N–H and O–H groups in total. The van der Waals surface area contributed by atoms with Gasteiger partial charge in [-0.25, -0.2) is 17.6 Å². The maximum Gasteiger partial charge on any atom is 0.229 e. The molecule has 0 aliphatic heterocycles. The van der Waals surface area contributed by atoms with Gasteiger partial charge in [-0.3, -0.25) is 4.79 Å². The second-order valence-electron chi connectivity index (χ2n) is 4.18. The van der Waals surface area contributed by atoms with Crippen LogP contribution in [0.2, 0.25) is 0 Å².